The minimum Gasteiger partial charge on any atom is -0.481 e. The fourth-order valence-electron chi connectivity index (χ4n) is 1.65. The van der Waals surface area contributed by atoms with Gasteiger partial charge in [0.15, 0.2) is 0 Å². The van der Waals surface area contributed by atoms with Gasteiger partial charge in [-0.1, -0.05) is 24.3 Å². The van der Waals surface area contributed by atoms with Crippen LogP contribution < -0.4 is 0 Å². The number of aliphatic carboxylic acids is 2. The van der Waals surface area contributed by atoms with Gasteiger partial charge in [0.25, 0.3) is 0 Å². The third kappa shape index (κ3) is 7.19. The van der Waals surface area contributed by atoms with E-state index in [4.69, 9.17) is 15.1 Å². The minimum atomic E-state index is -4.28. The van der Waals surface area contributed by atoms with Crippen molar-refractivity contribution < 1.29 is 38.8 Å². The maximum atomic E-state index is 11.8. The van der Waals surface area contributed by atoms with Gasteiger partial charge in [-0.25, -0.2) is 4.89 Å². The lowest BCUT2D eigenvalue weighted by Gasteiger charge is -2.18. The number of carboxylic acid groups (broad SMARTS) is 2. The van der Waals surface area contributed by atoms with Gasteiger partial charge in [-0.15, -0.1) is 4.67 Å². The molecule has 0 aromatic rings. The van der Waals surface area contributed by atoms with Gasteiger partial charge >= 0.3 is 19.5 Å². The lowest BCUT2D eigenvalue weighted by atomic mass is 10.1. The number of carbonyl (C=O) groups is 2. The maximum Gasteiger partial charge on any atom is 0.356 e. The van der Waals surface area contributed by atoms with Crippen LogP contribution in [0.15, 0.2) is 24.3 Å². The molecule has 0 saturated heterocycles. The normalized spacial score (nSPS) is 21.7. The molecule has 0 saturated carbocycles. The smallest absolute Gasteiger partial charge is 0.356 e. The summed E-state index contributed by atoms with van der Waals surface area (Å²) in [6.45, 7) is 0. The zero-order valence-electron chi connectivity index (χ0n) is 11.1. The highest BCUT2D eigenvalue weighted by Gasteiger charge is 2.32. The first-order valence-corrected chi connectivity index (χ1v) is 8.01. The molecule has 0 fully saturated rings. The fourth-order valence-corrected chi connectivity index (χ4v) is 2.85. The molecule has 8 nitrogen and oxygen atoms in total. The first kappa shape index (κ1) is 17.6. The lowest BCUT2D eigenvalue weighted by Crippen LogP contribution is -2.20. The molecule has 0 aromatic carbocycles. The Bertz CT molecular complexity index is 484. The molecule has 3 atom stereocenters. The Morgan fingerprint density at radius 3 is 2.57 bits per heavy atom. The zero-order valence-corrected chi connectivity index (χ0v) is 12.0. The van der Waals surface area contributed by atoms with Gasteiger partial charge in [-0.2, -0.15) is 0 Å². The van der Waals surface area contributed by atoms with Gasteiger partial charge < -0.3 is 15.1 Å². The van der Waals surface area contributed by atoms with Crippen molar-refractivity contribution in [1.29, 1.82) is 0 Å². The highest BCUT2D eigenvalue weighted by molar-refractivity contribution is 7.52. The molecule has 21 heavy (non-hydrogen) atoms. The maximum absolute atomic E-state index is 11.8. The summed E-state index contributed by atoms with van der Waals surface area (Å²) in [5, 5.41) is 17.4. The number of hydrogen-bond donors (Lipinski definition) is 3. The Labute approximate surface area is 121 Å². The van der Waals surface area contributed by atoms with Crippen molar-refractivity contribution in [2.75, 3.05) is 6.16 Å². The SMILES string of the molecule is O=C(O)CCC(CP(=O)(O)OOC1C=CC=CC1)C(=O)O. The average molecular weight is 320 g/mol. The molecule has 0 radical (unpaired) electrons. The average Bonchev–Trinajstić information content (AvgIpc) is 2.42. The summed E-state index contributed by atoms with van der Waals surface area (Å²) in [6.07, 6.45) is 5.45. The predicted molar refractivity (Wildman–Crippen MR) is 71.5 cm³/mol. The largest absolute Gasteiger partial charge is 0.481 e. The first-order chi connectivity index (χ1) is 9.80. The molecule has 1 aliphatic rings. The summed E-state index contributed by atoms with van der Waals surface area (Å²) in [5.41, 5.74) is 0. The zero-order chi connectivity index (χ0) is 15.9. The molecule has 118 valence electrons. The van der Waals surface area contributed by atoms with E-state index in [0.29, 0.717) is 6.42 Å². The second-order valence-corrected chi connectivity index (χ2v) is 6.33. The molecular formula is C12H17O8P. The van der Waals surface area contributed by atoms with Gasteiger partial charge in [0.2, 0.25) is 0 Å². The summed E-state index contributed by atoms with van der Waals surface area (Å²) in [6, 6.07) is 0. The van der Waals surface area contributed by atoms with Crippen molar-refractivity contribution in [3.05, 3.63) is 24.3 Å². The van der Waals surface area contributed by atoms with E-state index < -0.39 is 44.1 Å². The van der Waals surface area contributed by atoms with Crippen molar-refractivity contribution in [3.8, 4) is 0 Å². The predicted octanol–water partition coefficient (Wildman–Crippen LogP) is 1.57. The van der Waals surface area contributed by atoms with E-state index in [1.807, 2.05) is 0 Å². The summed E-state index contributed by atoms with van der Waals surface area (Å²) in [7, 11) is -4.28. The van der Waals surface area contributed by atoms with E-state index in [9.17, 15) is 19.0 Å². The molecule has 0 heterocycles. The molecule has 0 spiro atoms. The second kappa shape index (κ2) is 8.09. The van der Waals surface area contributed by atoms with E-state index in [1.54, 1.807) is 24.3 Å². The third-order valence-electron chi connectivity index (χ3n) is 2.73. The van der Waals surface area contributed by atoms with Crippen LogP contribution in [-0.4, -0.2) is 39.3 Å². The van der Waals surface area contributed by atoms with Crippen molar-refractivity contribution in [2.24, 2.45) is 5.92 Å². The van der Waals surface area contributed by atoms with Crippen molar-refractivity contribution in [3.63, 3.8) is 0 Å². The van der Waals surface area contributed by atoms with E-state index in [2.05, 4.69) is 4.67 Å². The van der Waals surface area contributed by atoms with Gasteiger partial charge in [-0.3, -0.25) is 14.2 Å². The Kier molecular flexibility index (Phi) is 6.77. The molecule has 1 aliphatic carbocycles. The molecular weight excluding hydrogens is 303 g/mol. The fraction of sp³-hybridized carbons (Fsp3) is 0.500. The quantitative estimate of drug-likeness (QED) is 0.331. The molecule has 3 unspecified atom stereocenters. The molecule has 0 aromatic heterocycles. The Hall–Kier alpha value is -1.47. The van der Waals surface area contributed by atoms with E-state index in [1.165, 1.54) is 0 Å². The number of hydrogen-bond acceptors (Lipinski definition) is 5. The summed E-state index contributed by atoms with van der Waals surface area (Å²) >= 11 is 0. The van der Waals surface area contributed by atoms with E-state index in [-0.39, 0.29) is 6.42 Å². The third-order valence-corrected chi connectivity index (χ3v) is 3.95. The van der Waals surface area contributed by atoms with Crippen molar-refractivity contribution in [2.45, 2.75) is 25.4 Å². The van der Waals surface area contributed by atoms with Gasteiger partial charge in [0.1, 0.15) is 6.10 Å². The molecule has 0 amide bonds. The van der Waals surface area contributed by atoms with Gasteiger partial charge in [-0.05, 0) is 12.8 Å². The van der Waals surface area contributed by atoms with Crippen LogP contribution in [0, 0.1) is 5.92 Å². The first-order valence-electron chi connectivity index (χ1n) is 6.25. The lowest BCUT2D eigenvalue weighted by molar-refractivity contribution is -0.236. The Morgan fingerprint density at radius 2 is 2.05 bits per heavy atom. The second-order valence-electron chi connectivity index (χ2n) is 4.55. The van der Waals surface area contributed by atoms with Crippen LogP contribution in [0.25, 0.3) is 0 Å². The standard InChI is InChI=1S/C12H17O8P/c13-11(14)7-6-9(12(15)16)8-21(17,18)20-19-10-4-2-1-3-5-10/h1-4,9-10H,5-8H2,(H,13,14)(H,15,16)(H,17,18). The summed E-state index contributed by atoms with van der Waals surface area (Å²) in [4.78, 5) is 35.8. The molecule has 0 aliphatic heterocycles. The van der Waals surface area contributed by atoms with Crippen LogP contribution in [0.3, 0.4) is 0 Å². The molecule has 0 bridgehead atoms. The van der Waals surface area contributed by atoms with Crippen LogP contribution in [-0.2, 0) is 23.7 Å². The number of carboxylic acids is 2. The van der Waals surface area contributed by atoms with Crippen LogP contribution in [0.5, 0.6) is 0 Å². The Morgan fingerprint density at radius 1 is 1.33 bits per heavy atom. The monoisotopic (exact) mass is 320 g/mol. The van der Waals surface area contributed by atoms with Crippen LogP contribution >= 0.6 is 7.60 Å². The van der Waals surface area contributed by atoms with Crippen LogP contribution in [0.4, 0.5) is 0 Å². The van der Waals surface area contributed by atoms with Crippen molar-refractivity contribution in [1.82, 2.24) is 0 Å². The summed E-state index contributed by atoms with van der Waals surface area (Å²) in [5.74, 6) is -3.82. The highest BCUT2D eigenvalue weighted by atomic mass is 31.2. The molecule has 3 N–H and O–H groups in total. The molecule has 9 heteroatoms. The molecule has 1 rings (SSSR count). The summed E-state index contributed by atoms with van der Waals surface area (Å²) < 4.78 is 16.2. The topological polar surface area (TPSA) is 130 Å². The van der Waals surface area contributed by atoms with Gasteiger partial charge in [0.05, 0.1) is 12.1 Å². The van der Waals surface area contributed by atoms with Gasteiger partial charge in [0, 0.05) is 6.42 Å². The Balaban J connectivity index is 2.49. The van der Waals surface area contributed by atoms with Crippen molar-refractivity contribution >= 4 is 19.5 Å². The minimum absolute atomic E-state index is 0.259. The number of allylic oxidation sites excluding steroid dienone is 2. The van der Waals surface area contributed by atoms with E-state index in [0.717, 1.165) is 0 Å². The highest BCUT2D eigenvalue weighted by Crippen LogP contribution is 2.45. The van der Waals surface area contributed by atoms with Crippen LogP contribution in [0.2, 0.25) is 0 Å². The van der Waals surface area contributed by atoms with E-state index >= 15 is 0 Å². The van der Waals surface area contributed by atoms with Crippen LogP contribution in [0.1, 0.15) is 19.3 Å². The number of rotatable bonds is 9.